The fourth-order valence-corrected chi connectivity index (χ4v) is 9.17. The summed E-state index contributed by atoms with van der Waals surface area (Å²) in [6.07, 6.45) is -0.732. The zero-order valence-electron chi connectivity index (χ0n) is 55.2. The molecule has 4 nitrogen and oxygen atoms in total. The van der Waals surface area contributed by atoms with Crippen molar-refractivity contribution >= 4 is 11.0 Å². The fraction of sp³-hybridized carbons (Fsp3) is 0.169. The number of imidazole rings is 1. The number of pyridine rings is 1. The molecular weight excluding hydrogens is 839 g/mol. The normalized spacial score (nSPS) is 15.7. The minimum absolute atomic E-state index is 0.212. The lowest BCUT2D eigenvalue weighted by Gasteiger charge is -2.27. The molecule has 0 fully saturated rings. The summed E-state index contributed by atoms with van der Waals surface area (Å²) in [7, 11) is 1.64. The number of methoxy groups -OCH3 is 1. The van der Waals surface area contributed by atoms with Crippen molar-refractivity contribution in [2.75, 3.05) is 7.11 Å². The number of hydrogen-bond acceptors (Lipinski definition) is 3. The van der Waals surface area contributed by atoms with E-state index in [1.807, 2.05) is 105 Å². The molecule has 8 aromatic carbocycles. The van der Waals surface area contributed by atoms with E-state index in [2.05, 4.69) is 78.9 Å². The van der Waals surface area contributed by atoms with E-state index in [1.54, 1.807) is 19.2 Å². The molecule has 0 amide bonds. The monoisotopic (exact) mass is 914 g/mol. The number of fused-ring (bicyclic) bond motifs is 1. The predicted octanol–water partition coefficient (Wildman–Crippen LogP) is 17.3. The summed E-state index contributed by atoms with van der Waals surface area (Å²) in [6.45, 7) is -1.15. The minimum Gasteiger partial charge on any atom is -0.496 e. The van der Waals surface area contributed by atoms with Crippen molar-refractivity contribution in [2.45, 2.75) is 66.0 Å². The van der Waals surface area contributed by atoms with Gasteiger partial charge in [0.15, 0.2) is 0 Å². The highest BCUT2D eigenvalue weighted by Crippen LogP contribution is 2.46. The molecule has 0 aliphatic rings. The molecule has 0 atom stereocenters. The van der Waals surface area contributed by atoms with Gasteiger partial charge in [-0.3, -0.25) is 9.55 Å². The van der Waals surface area contributed by atoms with Gasteiger partial charge in [-0.15, -0.1) is 0 Å². The van der Waals surface area contributed by atoms with Crippen molar-refractivity contribution in [2.24, 2.45) is 0 Å². The van der Waals surface area contributed by atoms with E-state index < -0.39 is 85.1 Å². The van der Waals surface area contributed by atoms with Crippen LogP contribution in [0.4, 0.5) is 0 Å². The van der Waals surface area contributed by atoms with Crippen molar-refractivity contribution in [3.63, 3.8) is 0 Å². The summed E-state index contributed by atoms with van der Waals surface area (Å²) in [4.78, 5) is 10.1. The maximum absolute atomic E-state index is 9.82. The fourth-order valence-electron chi connectivity index (χ4n) is 9.17. The van der Waals surface area contributed by atoms with Crippen LogP contribution in [0.15, 0.2) is 194 Å². The maximum atomic E-state index is 9.82. The smallest absolute Gasteiger partial charge is 0.149 e. The van der Waals surface area contributed by atoms with E-state index in [4.69, 9.17) is 27.5 Å². The molecule has 340 valence electrons. The average Bonchev–Trinajstić information content (AvgIpc) is 1.18. The molecule has 0 saturated heterocycles. The topological polar surface area (TPSA) is 39.9 Å². The third-order valence-electron chi connectivity index (χ3n) is 12.4. The molecule has 0 radical (unpaired) electrons. The molecule has 2 heterocycles. The molecule has 0 saturated carbocycles. The lowest BCUT2D eigenvalue weighted by molar-refractivity contribution is 0.413. The number of para-hydroxylation sites is 1. The summed E-state index contributed by atoms with van der Waals surface area (Å²) in [5.41, 5.74) is 5.52. The van der Waals surface area contributed by atoms with Gasteiger partial charge >= 0.3 is 0 Å². The Hall–Kier alpha value is -7.82. The SMILES string of the molecule is [2H]c1nc(-c2cc(-c3ccccc3)cc(-c3cccc4c3nc(-c3cc(C)cc(C)c3OC)n4-c3cc(-c4ccccc4)c(C(C)(C)C)cc3-c3ccccc3)c2)c([2H])c(-c2c([2H])c([2H])c(C(C([2H])([2H])[2H])(C([2H])([2H])[2H])C([2H])([2H])[2H])c([2H])c2[2H])c1[2H]. The van der Waals surface area contributed by atoms with Crippen LogP contribution in [-0.4, -0.2) is 21.6 Å². The Balaban J connectivity index is 1.29. The van der Waals surface area contributed by atoms with Gasteiger partial charge in [-0.25, -0.2) is 4.98 Å². The standard InChI is InChI=1S/C65H59N3O/c1-42-34-43(2)62(69-9)56(35-42)63-67-61-53(26-19-27-59(61)68(63)60-41-54(46-22-15-11-16-23-46)57(65(6,7)8)40-55(60)47-24-17-12-18-25-47)50-36-49(44-20-13-10-14-21-44)37-51(38-50)58-39-48(32-33-66-58)45-28-30-52(31-29-45)64(3,4)5/h10-41H,1-9H3/i3D3,4D3,5D3,28D,29D,30D,31D,32D,33D,39D. The first-order valence-corrected chi connectivity index (χ1v) is 22.7. The van der Waals surface area contributed by atoms with Gasteiger partial charge in [-0.2, -0.15) is 0 Å². The zero-order chi connectivity index (χ0) is 61.6. The highest BCUT2D eigenvalue weighted by molar-refractivity contribution is 5.99. The van der Waals surface area contributed by atoms with Crippen LogP contribution in [0.5, 0.6) is 5.75 Å². The quantitative estimate of drug-likeness (QED) is 0.145. The zero-order valence-corrected chi connectivity index (χ0v) is 39.2. The van der Waals surface area contributed by atoms with E-state index in [0.29, 0.717) is 33.8 Å². The van der Waals surface area contributed by atoms with Crippen molar-refractivity contribution < 1.29 is 26.7 Å². The molecule has 10 aromatic rings. The van der Waals surface area contributed by atoms with Gasteiger partial charge in [0, 0.05) is 35.2 Å². The van der Waals surface area contributed by atoms with Crippen LogP contribution in [0.2, 0.25) is 0 Å². The first kappa shape index (κ1) is 29.8. The highest BCUT2D eigenvalue weighted by atomic mass is 16.5. The molecule has 69 heavy (non-hydrogen) atoms. The molecule has 2 aromatic heterocycles. The lowest BCUT2D eigenvalue weighted by Crippen LogP contribution is -2.14. The lowest BCUT2D eigenvalue weighted by atomic mass is 9.79. The minimum atomic E-state index is -3.93. The molecule has 0 aliphatic carbocycles. The highest BCUT2D eigenvalue weighted by Gasteiger charge is 2.27. The molecule has 0 spiro atoms. The number of nitrogens with zero attached hydrogens (tertiary/aromatic N) is 3. The second-order valence-electron chi connectivity index (χ2n) is 18.4. The molecule has 0 N–H and O–H groups in total. The molecular formula is C65H59N3O. The summed E-state index contributed by atoms with van der Waals surface area (Å²) in [5, 5.41) is 0. The number of aromatic nitrogens is 3. The van der Waals surface area contributed by atoms with Crippen LogP contribution < -0.4 is 4.74 Å². The number of benzene rings is 8. The Morgan fingerprint density at radius 3 is 1.83 bits per heavy atom. The summed E-state index contributed by atoms with van der Waals surface area (Å²) in [6, 6.07) is 43.6. The Morgan fingerprint density at radius 2 is 1.17 bits per heavy atom. The van der Waals surface area contributed by atoms with E-state index in [9.17, 15) is 4.11 Å². The van der Waals surface area contributed by atoms with Gasteiger partial charge in [0.2, 0.25) is 0 Å². The molecule has 10 rings (SSSR count). The largest absolute Gasteiger partial charge is 0.496 e. The van der Waals surface area contributed by atoms with Crippen LogP contribution in [0.3, 0.4) is 0 Å². The second-order valence-corrected chi connectivity index (χ2v) is 18.4. The summed E-state index contributed by atoms with van der Waals surface area (Å²) in [5.74, 6) is 1.21. The number of aryl methyl sites for hydroxylation is 2. The first-order chi connectivity index (χ1) is 39.9. The molecule has 0 unspecified atom stereocenters. The van der Waals surface area contributed by atoms with Crippen LogP contribution in [0, 0.1) is 13.8 Å². The van der Waals surface area contributed by atoms with Crippen LogP contribution in [0.25, 0.3) is 95.0 Å². The van der Waals surface area contributed by atoms with Gasteiger partial charge < -0.3 is 4.74 Å². The van der Waals surface area contributed by atoms with Crippen LogP contribution in [-0.2, 0) is 10.8 Å². The van der Waals surface area contributed by atoms with Crippen molar-refractivity contribution in [3.05, 3.63) is 216 Å². The molecule has 4 heteroatoms. The Kier molecular flexibility index (Phi) is 7.79. The van der Waals surface area contributed by atoms with Crippen LogP contribution in [0.1, 0.15) is 85.5 Å². The third-order valence-corrected chi connectivity index (χ3v) is 12.4. The molecule has 0 bridgehead atoms. The van der Waals surface area contributed by atoms with E-state index in [0.717, 1.165) is 61.3 Å². The van der Waals surface area contributed by atoms with Gasteiger partial charge in [0.25, 0.3) is 0 Å². The van der Waals surface area contributed by atoms with Crippen LogP contribution >= 0.6 is 0 Å². The number of ether oxygens (including phenoxy) is 1. The predicted molar refractivity (Wildman–Crippen MR) is 290 cm³/mol. The first-order valence-electron chi connectivity index (χ1n) is 30.7. The Labute approximate surface area is 430 Å². The Bertz CT molecular complexity index is 4200. The Morgan fingerprint density at radius 1 is 0.536 bits per heavy atom. The third kappa shape index (κ3) is 8.80. The van der Waals surface area contributed by atoms with E-state index in [1.165, 1.54) is 0 Å². The van der Waals surface area contributed by atoms with E-state index in [-0.39, 0.29) is 16.7 Å². The number of rotatable bonds is 9. The molecule has 0 aliphatic heterocycles. The average molecular weight is 914 g/mol. The van der Waals surface area contributed by atoms with Gasteiger partial charge in [-0.1, -0.05) is 175 Å². The summed E-state index contributed by atoms with van der Waals surface area (Å²) < 4.78 is 148. The van der Waals surface area contributed by atoms with Gasteiger partial charge in [0.1, 0.15) is 11.6 Å². The maximum Gasteiger partial charge on any atom is 0.149 e. The van der Waals surface area contributed by atoms with E-state index >= 15 is 0 Å². The second kappa shape index (κ2) is 18.0. The summed E-state index contributed by atoms with van der Waals surface area (Å²) >= 11 is 0. The number of hydrogen-bond donors (Lipinski definition) is 0. The van der Waals surface area contributed by atoms with Gasteiger partial charge in [0.05, 0.1) is 44.7 Å². The van der Waals surface area contributed by atoms with Crippen molar-refractivity contribution in [3.8, 4) is 89.7 Å². The van der Waals surface area contributed by atoms with Crippen molar-refractivity contribution in [1.82, 2.24) is 14.5 Å². The van der Waals surface area contributed by atoms with Crippen molar-refractivity contribution in [1.29, 1.82) is 0 Å². The van der Waals surface area contributed by atoms with Gasteiger partial charge in [-0.05, 0) is 146 Å².